The van der Waals surface area contributed by atoms with Crippen molar-refractivity contribution in [3.63, 3.8) is 0 Å². The Kier molecular flexibility index (Phi) is 2.88. The van der Waals surface area contributed by atoms with Crippen LogP contribution in [0.1, 0.15) is 30.0 Å². The maximum absolute atomic E-state index is 11.2. The Labute approximate surface area is 94.1 Å². The molecule has 0 radical (unpaired) electrons. The van der Waals surface area contributed by atoms with Gasteiger partial charge in [-0.2, -0.15) is 5.26 Å². The molecule has 3 N–H and O–H groups in total. The van der Waals surface area contributed by atoms with Crippen molar-refractivity contribution in [1.82, 2.24) is 0 Å². The topological polar surface area (TPSA) is 78.9 Å². The zero-order chi connectivity index (χ0) is 11.5. The monoisotopic (exact) mass is 215 g/mol. The Morgan fingerprint density at radius 1 is 1.56 bits per heavy atom. The lowest BCUT2D eigenvalue weighted by atomic mass is 10.00. The fraction of sp³-hybridized carbons (Fsp3) is 0.333. The SMILES string of the molecule is N#CCCC(N)c1ccc2c(c1)CC(=O)N2. The van der Waals surface area contributed by atoms with E-state index in [-0.39, 0.29) is 11.9 Å². The summed E-state index contributed by atoms with van der Waals surface area (Å²) in [5.74, 6) is 0.0257. The van der Waals surface area contributed by atoms with Crippen molar-refractivity contribution >= 4 is 11.6 Å². The van der Waals surface area contributed by atoms with Gasteiger partial charge in [-0.15, -0.1) is 0 Å². The molecule has 1 aromatic carbocycles. The summed E-state index contributed by atoms with van der Waals surface area (Å²) in [7, 11) is 0. The van der Waals surface area contributed by atoms with E-state index < -0.39 is 0 Å². The van der Waals surface area contributed by atoms with Crippen LogP contribution in [0, 0.1) is 11.3 Å². The van der Waals surface area contributed by atoms with Gasteiger partial charge >= 0.3 is 0 Å². The van der Waals surface area contributed by atoms with Crippen molar-refractivity contribution in [3.05, 3.63) is 29.3 Å². The van der Waals surface area contributed by atoms with Crippen LogP contribution >= 0.6 is 0 Å². The number of carbonyl (C=O) groups is 1. The van der Waals surface area contributed by atoms with Crippen LogP contribution in [-0.2, 0) is 11.2 Å². The summed E-state index contributed by atoms with van der Waals surface area (Å²) in [6.45, 7) is 0. The molecule has 0 saturated heterocycles. The van der Waals surface area contributed by atoms with E-state index in [1.807, 2.05) is 18.2 Å². The number of nitrogens with zero attached hydrogens (tertiary/aromatic N) is 1. The van der Waals surface area contributed by atoms with E-state index >= 15 is 0 Å². The second kappa shape index (κ2) is 4.33. The van der Waals surface area contributed by atoms with Crippen molar-refractivity contribution < 1.29 is 4.79 Å². The molecule has 4 nitrogen and oxygen atoms in total. The molecular weight excluding hydrogens is 202 g/mol. The molecule has 1 aliphatic heterocycles. The van der Waals surface area contributed by atoms with Gasteiger partial charge in [0, 0.05) is 18.2 Å². The molecule has 1 atom stereocenters. The third kappa shape index (κ3) is 2.05. The molecule has 1 amide bonds. The van der Waals surface area contributed by atoms with Crippen molar-refractivity contribution in [2.24, 2.45) is 5.73 Å². The molecule has 1 unspecified atom stereocenters. The highest BCUT2D eigenvalue weighted by Crippen LogP contribution is 2.26. The average Bonchev–Trinajstić information content (AvgIpc) is 2.64. The summed E-state index contributed by atoms with van der Waals surface area (Å²) < 4.78 is 0. The lowest BCUT2D eigenvalue weighted by Gasteiger charge is -2.11. The molecule has 0 fully saturated rings. The number of hydrogen-bond donors (Lipinski definition) is 2. The third-order valence-electron chi connectivity index (χ3n) is 2.75. The highest BCUT2D eigenvalue weighted by Gasteiger charge is 2.18. The number of nitrogens with one attached hydrogen (secondary N) is 1. The molecule has 0 aromatic heterocycles. The normalized spacial score (nSPS) is 15.1. The van der Waals surface area contributed by atoms with Crippen LogP contribution in [0.25, 0.3) is 0 Å². The zero-order valence-electron chi connectivity index (χ0n) is 8.86. The van der Waals surface area contributed by atoms with Gasteiger partial charge in [0.05, 0.1) is 12.5 Å². The van der Waals surface area contributed by atoms with Gasteiger partial charge in [0.15, 0.2) is 0 Å². The standard InChI is InChI=1S/C12H13N3O/c13-5-1-2-10(14)8-3-4-11-9(6-8)7-12(16)15-11/h3-4,6,10H,1-2,7,14H2,(H,15,16). The van der Waals surface area contributed by atoms with Crippen LogP contribution in [0.4, 0.5) is 5.69 Å². The van der Waals surface area contributed by atoms with Crippen LogP contribution in [0.5, 0.6) is 0 Å². The second-order valence-electron chi connectivity index (χ2n) is 3.94. The minimum absolute atomic E-state index is 0.0257. The Morgan fingerprint density at radius 2 is 2.38 bits per heavy atom. The number of nitriles is 1. The predicted octanol–water partition coefficient (Wildman–Crippen LogP) is 1.48. The Bertz CT molecular complexity index is 462. The fourth-order valence-electron chi connectivity index (χ4n) is 1.87. The molecule has 0 spiro atoms. The zero-order valence-corrected chi connectivity index (χ0v) is 8.86. The van der Waals surface area contributed by atoms with E-state index in [4.69, 9.17) is 11.0 Å². The van der Waals surface area contributed by atoms with Crippen LogP contribution in [0.2, 0.25) is 0 Å². The number of amides is 1. The predicted molar refractivity (Wildman–Crippen MR) is 60.6 cm³/mol. The first-order valence-corrected chi connectivity index (χ1v) is 5.26. The average molecular weight is 215 g/mol. The van der Waals surface area contributed by atoms with E-state index in [1.54, 1.807) is 0 Å². The third-order valence-corrected chi connectivity index (χ3v) is 2.75. The van der Waals surface area contributed by atoms with E-state index in [1.165, 1.54) is 0 Å². The number of carbonyl (C=O) groups excluding carboxylic acids is 1. The van der Waals surface area contributed by atoms with E-state index in [9.17, 15) is 4.79 Å². The molecule has 1 aliphatic rings. The summed E-state index contributed by atoms with van der Waals surface area (Å²) in [6, 6.07) is 7.70. The number of anilines is 1. The number of hydrogen-bond acceptors (Lipinski definition) is 3. The van der Waals surface area contributed by atoms with Crippen molar-refractivity contribution in [2.45, 2.75) is 25.3 Å². The van der Waals surface area contributed by atoms with Crippen LogP contribution < -0.4 is 11.1 Å². The lowest BCUT2D eigenvalue weighted by Crippen LogP contribution is -2.10. The minimum Gasteiger partial charge on any atom is -0.326 e. The van der Waals surface area contributed by atoms with Crippen LogP contribution in [0.3, 0.4) is 0 Å². The molecular formula is C12H13N3O. The fourth-order valence-corrected chi connectivity index (χ4v) is 1.87. The van der Waals surface area contributed by atoms with Crippen molar-refractivity contribution in [2.75, 3.05) is 5.32 Å². The largest absolute Gasteiger partial charge is 0.326 e. The van der Waals surface area contributed by atoms with E-state index in [0.29, 0.717) is 19.3 Å². The molecule has 0 saturated carbocycles. The van der Waals surface area contributed by atoms with Gasteiger partial charge in [0.1, 0.15) is 0 Å². The molecule has 1 aromatic rings. The number of fused-ring (bicyclic) bond motifs is 1. The Hall–Kier alpha value is -1.86. The van der Waals surface area contributed by atoms with Gasteiger partial charge in [-0.05, 0) is 23.6 Å². The molecule has 2 rings (SSSR count). The van der Waals surface area contributed by atoms with Gasteiger partial charge in [0.25, 0.3) is 0 Å². The van der Waals surface area contributed by atoms with Gasteiger partial charge in [0.2, 0.25) is 5.91 Å². The summed E-state index contributed by atoms with van der Waals surface area (Å²) in [5, 5.41) is 11.3. The number of nitrogens with two attached hydrogens (primary N) is 1. The molecule has 1 heterocycles. The van der Waals surface area contributed by atoms with Gasteiger partial charge in [-0.25, -0.2) is 0 Å². The highest BCUT2D eigenvalue weighted by atomic mass is 16.1. The first-order chi connectivity index (χ1) is 7.70. The molecule has 16 heavy (non-hydrogen) atoms. The summed E-state index contributed by atoms with van der Waals surface area (Å²) in [4.78, 5) is 11.2. The molecule has 0 aliphatic carbocycles. The first-order valence-electron chi connectivity index (χ1n) is 5.26. The maximum Gasteiger partial charge on any atom is 0.228 e. The smallest absolute Gasteiger partial charge is 0.228 e. The van der Waals surface area contributed by atoms with Gasteiger partial charge in [-0.3, -0.25) is 4.79 Å². The van der Waals surface area contributed by atoms with Gasteiger partial charge in [-0.1, -0.05) is 12.1 Å². The maximum atomic E-state index is 11.2. The van der Waals surface area contributed by atoms with Crippen LogP contribution in [-0.4, -0.2) is 5.91 Å². The molecule has 82 valence electrons. The molecule has 4 heteroatoms. The molecule has 0 bridgehead atoms. The Balaban J connectivity index is 2.16. The van der Waals surface area contributed by atoms with Crippen LogP contribution in [0.15, 0.2) is 18.2 Å². The lowest BCUT2D eigenvalue weighted by molar-refractivity contribution is -0.115. The van der Waals surface area contributed by atoms with Gasteiger partial charge < -0.3 is 11.1 Å². The van der Waals surface area contributed by atoms with Crippen molar-refractivity contribution in [1.29, 1.82) is 5.26 Å². The summed E-state index contributed by atoms with van der Waals surface area (Å²) in [5.41, 5.74) is 8.82. The summed E-state index contributed by atoms with van der Waals surface area (Å²) in [6.07, 6.45) is 1.53. The number of benzene rings is 1. The van der Waals surface area contributed by atoms with E-state index in [0.717, 1.165) is 16.8 Å². The first kappa shape index (κ1) is 10.7. The second-order valence-corrected chi connectivity index (χ2v) is 3.94. The van der Waals surface area contributed by atoms with E-state index in [2.05, 4.69) is 11.4 Å². The minimum atomic E-state index is -0.124. The highest BCUT2D eigenvalue weighted by molar-refractivity contribution is 5.99. The van der Waals surface area contributed by atoms with Crippen molar-refractivity contribution in [3.8, 4) is 6.07 Å². The number of rotatable bonds is 3. The quantitative estimate of drug-likeness (QED) is 0.801. The summed E-state index contributed by atoms with van der Waals surface area (Å²) >= 11 is 0. The Morgan fingerprint density at radius 3 is 3.12 bits per heavy atom.